The Balaban J connectivity index is 2.86. The molecule has 1 aromatic rings. The van der Waals surface area contributed by atoms with Crippen LogP contribution < -0.4 is 15.8 Å². The predicted molar refractivity (Wildman–Crippen MR) is 66.8 cm³/mol. The van der Waals surface area contributed by atoms with Crippen molar-refractivity contribution in [3.05, 3.63) is 28.2 Å². The van der Waals surface area contributed by atoms with Gasteiger partial charge in [-0.25, -0.2) is 0 Å². The summed E-state index contributed by atoms with van der Waals surface area (Å²) in [6.07, 6.45) is 0. The Morgan fingerprint density at radius 2 is 2.12 bits per heavy atom. The first-order chi connectivity index (χ1) is 7.95. The monoisotopic (exact) mass is 300 g/mol. The third-order valence-electron chi connectivity index (χ3n) is 2.19. The minimum absolute atomic E-state index is 0.373. The van der Waals surface area contributed by atoms with Gasteiger partial charge in [-0.3, -0.25) is 9.59 Å². The van der Waals surface area contributed by atoms with Crippen molar-refractivity contribution in [2.24, 2.45) is 5.73 Å². The second-order valence-electron chi connectivity index (χ2n) is 3.45. The zero-order chi connectivity index (χ0) is 13.0. The van der Waals surface area contributed by atoms with Crippen molar-refractivity contribution in [3.63, 3.8) is 0 Å². The minimum atomic E-state index is -0.711. The van der Waals surface area contributed by atoms with Gasteiger partial charge in [0.15, 0.2) is 0 Å². The highest BCUT2D eigenvalue weighted by Gasteiger charge is 2.14. The zero-order valence-electron chi connectivity index (χ0n) is 9.49. The standard InChI is InChI=1S/C11H13BrN2O3/c1-6(10(13)15)14-11(16)7-3-4-8(12)9(5-7)17-2/h3-6H,1-2H3,(H2,13,15)(H,14,16). The molecule has 2 amide bonds. The molecule has 0 heterocycles. The van der Waals surface area contributed by atoms with E-state index in [-0.39, 0.29) is 5.91 Å². The highest BCUT2D eigenvalue weighted by atomic mass is 79.9. The van der Waals surface area contributed by atoms with E-state index in [0.717, 1.165) is 4.47 Å². The van der Waals surface area contributed by atoms with E-state index in [4.69, 9.17) is 10.5 Å². The number of carbonyl (C=O) groups is 2. The first kappa shape index (κ1) is 13.5. The van der Waals surface area contributed by atoms with Crippen molar-refractivity contribution in [2.45, 2.75) is 13.0 Å². The number of ether oxygens (including phenoxy) is 1. The number of methoxy groups -OCH3 is 1. The van der Waals surface area contributed by atoms with Gasteiger partial charge < -0.3 is 15.8 Å². The van der Waals surface area contributed by atoms with Crippen LogP contribution in [0.5, 0.6) is 5.75 Å². The number of nitrogens with one attached hydrogen (secondary N) is 1. The quantitative estimate of drug-likeness (QED) is 0.872. The minimum Gasteiger partial charge on any atom is -0.496 e. The highest BCUT2D eigenvalue weighted by Crippen LogP contribution is 2.25. The van der Waals surface area contributed by atoms with Gasteiger partial charge in [0, 0.05) is 5.56 Å². The van der Waals surface area contributed by atoms with Crippen molar-refractivity contribution < 1.29 is 14.3 Å². The fraction of sp³-hybridized carbons (Fsp3) is 0.273. The van der Waals surface area contributed by atoms with E-state index in [1.807, 2.05) is 0 Å². The topological polar surface area (TPSA) is 81.4 Å². The van der Waals surface area contributed by atoms with Crippen LogP contribution in [0.25, 0.3) is 0 Å². The van der Waals surface area contributed by atoms with Crippen LogP contribution in [0.2, 0.25) is 0 Å². The van der Waals surface area contributed by atoms with Crippen LogP contribution in [0.1, 0.15) is 17.3 Å². The zero-order valence-corrected chi connectivity index (χ0v) is 11.1. The number of nitrogens with two attached hydrogens (primary N) is 1. The van der Waals surface area contributed by atoms with Gasteiger partial charge in [0.2, 0.25) is 5.91 Å². The summed E-state index contributed by atoms with van der Waals surface area (Å²) >= 11 is 3.28. The Kier molecular flexibility index (Phi) is 4.51. The Labute approximate surface area is 107 Å². The number of halogens is 1. The van der Waals surface area contributed by atoms with E-state index in [1.54, 1.807) is 18.2 Å². The van der Waals surface area contributed by atoms with E-state index >= 15 is 0 Å². The summed E-state index contributed by atoms with van der Waals surface area (Å²) in [5, 5.41) is 2.48. The lowest BCUT2D eigenvalue weighted by atomic mass is 10.2. The molecule has 1 unspecified atom stereocenters. The molecule has 0 saturated carbocycles. The van der Waals surface area contributed by atoms with Crippen LogP contribution in [-0.2, 0) is 4.79 Å². The molecule has 1 aromatic carbocycles. The molecule has 1 atom stereocenters. The van der Waals surface area contributed by atoms with Crippen molar-refractivity contribution in [2.75, 3.05) is 7.11 Å². The van der Waals surface area contributed by atoms with Gasteiger partial charge in [-0.2, -0.15) is 0 Å². The molecule has 1 rings (SSSR count). The molecule has 3 N–H and O–H groups in total. The fourth-order valence-electron chi connectivity index (χ4n) is 1.15. The molecule has 5 nitrogen and oxygen atoms in total. The van der Waals surface area contributed by atoms with Crippen LogP contribution in [0, 0.1) is 0 Å². The summed E-state index contributed by atoms with van der Waals surface area (Å²) < 4.78 is 5.82. The predicted octanol–water partition coefficient (Wildman–Crippen LogP) is 1.06. The number of hydrogen-bond donors (Lipinski definition) is 2. The number of hydrogen-bond acceptors (Lipinski definition) is 3. The Morgan fingerprint density at radius 1 is 1.47 bits per heavy atom. The molecule has 0 fully saturated rings. The molecule has 0 aliphatic carbocycles. The maximum absolute atomic E-state index is 11.7. The first-order valence-corrected chi connectivity index (χ1v) is 5.68. The fourth-order valence-corrected chi connectivity index (χ4v) is 1.56. The average molecular weight is 301 g/mol. The molecule has 17 heavy (non-hydrogen) atoms. The van der Waals surface area contributed by atoms with Gasteiger partial charge in [0.25, 0.3) is 5.91 Å². The van der Waals surface area contributed by atoms with Crippen molar-refractivity contribution >= 4 is 27.7 Å². The second-order valence-corrected chi connectivity index (χ2v) is 4.30. The molecular formula is C11H13BrN2O3. The smallest absolute Gasteiger partial charge is 0.252 e. The number of amides is 2. The van der Waals surface area contributed by atoms with Gasteiger partial charge >= 0.3 is 0 Å². The van der Waals surface area contributed by atoms with Crippen LogP contribution in [0.4, 0.5) is 0 Å². The van der Waals surface area contributed by atoms with Crippen LogP contribution in [-0.4, -0.2) is 25.0 Å². The molecule has 0 saturated heterocycles. The van der Waals surface area contributed by atoms with E-state index in [2.05, 4.69) is 21.2 Å². The van der Waals surface area contributed by atoms with Crippen molar-refractivity contribution in [1.82, 2.24) is 5.32 Å². The average Bonchev–Trinajstić information content (AvgIpc) is 2.29. The lowest BCUT2D eigenvalue weighted by Crippen LogP contribution is -2.42. The molecule has 0 aliphatic rings. The largest absolute Gasteiger partial charge is 0.496 e. The van der Waals surface area contributed by atoms with Crippen molar-refractivity contribution in [3.8, 4) is 5.75 Å². The number of carbonyl (C=O) groups excluding carboxylic acids is 2. The summed E-state index contributed by atoms with van der Waals surface area (Å²) in [6.45, 7) is 1.52. The van der Waals surface area contributed by atoms with Crippen LogP contribution in [0.15, 0.2) is 22.7 Å². The van der Waals surface area contributed by atoms with Gasteiger partial charge in [0.05, 0.1) is 11.6 Å². The molecule has 0 aromatic heterocycles. The summed E-state index contributed by atoms with van der Waals surface area (Å²) in [5.41, 5.74) is 5.46. The number of primary amides is 1. The molecule has 0 bridgehead atoms. The summed E-state index contributed by atoms with van der Waals surface area (Å²) in [4.78, 5) is 22.6. The third kappa shape index (κ3) is 3.45. The number of benzene rings is 1. The summed E-state index contributed by atoms with van der Waals surface area (Å²) in [7, 11) is 1.51. The van der Waals surface area contributed by atoms with E-state index in [1.165, 1.54) is 14.0 Å². The van der Waals surface area contributed by atoms with Gasteiger partial charge in [-0.05, 0) is 41.1 Å². The lowest BCUT2D eigenvalue weighted by Gasteiger charge is -2.11. The van der Waals surface area contributed by atoms with Gasteiger partial charge in [-0.1, -0.05) is 0 Å². The maximum Gasteiger partial charge on any atom is 0.252 e. The lowest BCUT2D eigenvalue weighted by molar-refractivity contribution is -0.119. The second kappa shape index (κ2) is 5.67. The summed E-state index contributed by atoms with van der Waals surface area (Å²) in [5.74, 6) is -0.408. The van der Waals surface area contributed by atoms with Crippen molar-refractivity contribution in [1.29, 1.82) is 0 Å². The Hall–Kier alpha value is -1.56. The maximum atomic E-state index is 11.7. The summed E-state index contributed by atoms with van der Waals surface area (Å²) in [6, 6.07) is 4.18. The van der Waals surface area contributed by atoms with Gasteiger partial charge in [0.1, 0.15) is 11.8 Å². The van der Waals surface area contributed by atoms with E-state index < -0.39 is 11.9 Å². The molecule has 0 spiro atoms. The third-order valence-corrected chi connectivity index (χ3v) is 2.84. The van der Waals surface area contributed by atoms with Crippen LogP contribution in [0.3, 0.4) is 0 Å². The Morgan fingerprint density at radius 3 is 2.65 bits per heavy atom. The number of rotatable bonds is 4. The molecule has 92 valence electrons. The van der Waals surface area contributed by atoms with Gasteiger partial charge in [-0.15, -0.1) is 0 Å². The SMILES string of the molecule is COc1cc(C(=O)NC(C)C(N)=O)ccc1Br. The van der Waals surface area contributed by atoms with E-state index in [9.17, 15) is 9.59 Å². The van der Waals surface area contributed by atoms with Crippen LogP contribution >= 0.6 is 15.9 Å². The highest BCUT2D eigenvalue weighted by molar-refractivity contribution is 9.10. The molecule has 0 radical (unpaired) electrons. The van der Waals surface area contributed by atoms with E-state index in [0.29, 0.717) is 11.3 Å². The normalized spacial score (nSPS) is 11.7. The molecule has 0 aliphatic heterocycles. The molecule has 6 heteroatoms. The molecular weight excluding hydrogens is 288 g/mol. The first-order valence-electron chi connectivity index (χ1n) is 4.89. The Bertz CT molecular complexity index is 448.